The standard InChI is InChI=1S/C19H23N5OS/c1-13-9-17(24-11-14-5-2-3-6-15(14)12-24)22-18(21-13)23-19(26)20-10-16-7-4-8-25-16/h2-3,5-6,9,16H,4,7-8,10-12H2,1H3,(H2,20,21,22,23,26). The Morgan fingerprint density at radius 3 is 2.73 bits per heavy atom. The quantitative estimate of drug-likeness (QED) is 0.804. The molecule has 0 bridgehead atoms. The van der Waals surface area contributed by atoms with Crippen molar-refractivity contribution in [3.8, 4) is 0 Å². The summed E-state index contributed by atoms with van der Waals surface area (Å²) in [5.74, 6) is 1.44. The second kappa shape index (κ2) is 7.55. The highest BCUT2D eigenvalue weighted by Crippen LogP contribution is 2.27. The fourth-order valence-electron chi connectivity index (χ4n) is 3.42. The van der Waals surface area contributed by atoms with E-state index < -0.39 is 0 Å². The van der Waals surface area contributed by atoms with E-state index in [0.29, 0.717) is 17.6 Å². The highest BCUT2D eigenvalue weighted by atomic mass is 32.1. The van der Waals surface area contributed by atoms with Crippen molar-refractivity contribution in [1.82, 2.24) is 15.3 Å². The molecular formula is C19H23N5OS. The van der Waals surface area contributed by atoms with Gasteiger partial charge < -0.3 is 20.3 Å². The van der Waals surface area contributed by atoms with Crippen molar-refractivity contribution in [1.29, 1.82) is 0 Å². The third-order valence-corrected chi connectivity index (χ3v) is 4.99. The molecule has 1 fully saturated rings. The second-order valence-electron chi connectivity index (χ2n) is 6.79. The molecule has 0 saturated carbocycles. The number of ether oxygens (including phenoxy) is 1. The van der Waals surface area contributed by atoms with Crippen LogP contribution in [0.1, 0.15) is 29.7 Å². The first-order valence-corrected chi connectivity index (χ1v) is 9.42. The van der Waals surface area contributed by atoms with E-state index in [4.69, 9.17) is 17.0 Å². The van der Waals surface area contributed by atoms with Gasteiger partial charge in [-0.25, -0.2) is 4.98 Å². The molecule has 1 saturated heterocycles. The number of hydrogen-bond donors (Lipinski definition) is 2. The lowest BCUT2D eigenvalue weighted by Crippen LogP contribution is -2.35. The Kier molecular flexibility index (Phi) is 4.99. The van der Waals surface area contributed by atoms with Crippen LogP contribution in [0.25, 0.3) is 0 Å². The summed E-state index contributed by atoms with van der Waals surface area (Å²) < 4.78 is 5.60. The maximum atomic E-state index is 5.60. The van der Waals surface area contributed by atoms with E-state index in [-0.39, 0.29) is 6.10 Å². The summed E-state index contributed by atoms with van der Waals surface area (Å²) in [6.45, 7) is 5.27. The summed E-state index contributed by atoms with van der Waals surface area (Å²) in [6, 6.07) is 10.5. The lowest BCUT2D eigenvalue weighted by molar-refractivity contribution is 0.114. The van der Waals surface area contributed by atoms with Crippen molar-refractivity contribution in [2.75, 3.05) is 23.4 Å². The van der Waals surface area contributed by atoms with Gasteiger partial charge in [-0.1, -0.05) is 24.3 Å². The van der Waals surface area contributed by atoms with Gasteiger partial charge in [0.2, 0.25) is 5.95 Å². The van der Waals surface area contributed by atoms with Crippen LogP contribution in [0.2, 0.25) is 0 Å². The van der Waals surface area contributed by atoms with Gasteiger partial charge in [0.25, 0.3) is 0 Å². The molecule has 7 heteroatoms. The molecule has 0 amide bonds. The Bertz CT molecular complexity index is 781. The number of nitrogens with one attached hydrogen (secondary N) is 2. The highest BCUT2D eigenvalue weighted by Gasteiger charge is 2.21. The van der Waals surface area contributed by atoms with E-state index in [1.807, 2.05) is 13.0 Å². The predicted molar refractivity (Wildman–Crippen MR) is 106 cm³/mol. The van der Waals surface area contributed by atoms with Crippen molar-refractivity contribution >= 4 is 29.1 Å². The minimum absolute atomic E-state index is 0.242. The van der Waals surface area contributed by atoms with Crippen LogP contribution in [0.3, 0.4) is 0 Å². The minimum Gasteiger partial charge on any atom is -0.376 e. The molecule has 3 heterocycles. The first-order valence-electron chi connectivity index (χ1n) is 9.01. The van der Waals surface area contributed by atoms with Crippen LogP contribution in [0.4, 0.5) is 11.8 Å². The first kappa shape index (κ1) is 17.2. The third-order valence-electron chi connectivity index (χ3n) is 4.75. The fourth-order valence-corrected chi connectivity index (χ4v) is 3.60. The number of anilines is 2. The number of benzene rings is 1. The Balaban J connectivity index is 1.41. The number of rotatable bonds is 4. The van der Waals surface area contributed by atoms with E-state index in [9.17, 15) is 0 Å². The number of fused-ring (bicyclic) bond motifs is 1. The van der Waals surface area contributed by atoms with E-state index in [1.165, 1.54) is 11.1 Å². The summed E-state index contributed by atoms with van der Waals surface area (Å²) in [5.41, 5.74) is 3.62. The topological polar surface area (TPSA) is 62.3 Å². The first-order chi connectivity index (χ1) is 12.7. The highest BCUT2D eigenvalue weighted by molar-refractivity contribution is 7.80. The lowest BCUT2D eigenvalue weighted by Gasteiger charge is -2.18. The summed E-state index contributed by atoms with van der Waals surface area (Å²) in [5, 5.41) is 6.83. The molecule has 0 aliphatic carbocycles. The Morgan fingerprint density at radius 2 is 2.04 bits per heavy atom. The van der Waals surface area contributed by atoms with Gasteiger partial charge in [-0.15, -0.1) is 0 Å². The van der Waals surface area contributed by atoms with E-state index in [0.717, 1.165) is 44.0 Å². The molecule has 4 rings (SSSR count). The second-order valence-corrected chi connectivity index (χ2v) is 7.19. The normalized spacial score (nSPS) is 18.7. The maximum Gasteiger partial charge on any atom is 0.231 e. The third kappa shape index (κ3) is 3.94. The van der Waals surface area contributed by atoms with E-state index >= 15 is 0 Å². The van der Waals surface area contributed by atoms with Gasteiger partial charge in [0, 0.05) is 38.0 Å². The Hall–Kier alpha value is -2.25. The number of hydrogen-bond acceptors (Lipinski definition) is 5. The molecular weight excluding hydrogens is 346 g/mol. The molecule has 1 atom stereocenters. The monoisotopic (exact) mass is 369 g/mol. The summed E-state index contributed by atoms with van der Waals surface area (Å²) in [4.78, 5) is 11.4. The molecule has 26 heavy (non-hydrogen) atoms. The zero-order valence-corrected chi connectivity index (χ0v) is 15.7. The van der Waals surface area contributed by atoms with Crippen LogP contribution >= 0.6 is 12.2 Å². The molecule has 1 aromatic carbocycles. The summed E-state index contributed by atoms with van der Waals surface area (Å²) in [6.07, 6.45) is 2.44. The molecule has 1 aromatic heterocycles. The average Bonchev–Trinajstić information content (AvgIpc) is 3.29. The summed E-state index contributed by atoms with van der Waals surface area (Å²) >= 11 is 5.38. The molecule has 6 nitrogen and oxygen atoms in total. The molecule has 0 spiro atoms. The van der Waals surface area contributed by atoms with Crippen molar-refractivity contribution in [2.45, 2.75) is 39.0 Å². The zero-order chi connectivity index (χ0) is 17.9. The molecule has 2 aliphatic heterocycles. The molecule has 2 aromatic rings. The number of thiocarbonyl (C=S) groups is 1. The van der Waals surface area contributed by atoms with Crippen LogP contribution < -0.4 is 15.5 Å². The Morgan fingerprint density at radius 1 is 1.27 bits per heavy atom. The zero-order valence-electron chi connectivity index (χ0n) is 14.9. The maximum absolute atomic E-state index is 5.60. The largest absolute Gasteiger partial charge is 0.376 e. The Labute approximate surface area is 159 Å². The number of nitrogens with zero attached hydrogens (tertiary/aromatic N) is 3. The minimum atomic E-state index is 0.242. The van der Waals surface area contributed by atoms with Gasteiger partial charge >= 0.3 is 0 Å². The number of aryl methyl sites for hydroxylation is 1. The SMILES string of the molecule is Cc1cc(N2Cc3ccccc3C2)nc(NC(=S)NCC2CCCO2)n1. The van der Waals surface area contributed by atoms with Gasteiger partial charge in [0.1, 0.15) is 5.82 Å². The molecule has 2 N–H and O–H groups in total. The van der Waals surface area contributed by atoms with Gasteiger partial charge in [-0.05, 0) is 43.1 Å². The van der Waals surface area contributed by atoms with Crippen LogP contribution in [0.15, 0.2) is 30.3 Å². The van der Waals surface area contributed by atoms with E-state index in [1.54, 1.807) is 0 Å². The van der Waals surface area contributed by atoms with Crippen molar-refractivity contribution in [3.63, 3.8) is 0 Å². The van der Waals surface area contributed by atoms with Crippen LogP contribution in [0, 0.1) is 6.92 Å². The van der Waals surface area contributed by atoms with Gasteiger partial charge in [-0.3, -0.25) is 0 Å². The average molecular weight is 369 g/mol. The van der Waals surface area contributed by atoms with Gasteiger partial charge in [-0.2, -0.15) is 4.98 Å². The van der Waals surface area contributed by atoms with Crippen molar-refractivity contribution < 1.29 is 4.74 Å². The van der Waals surface area contributed by atoms with Gasteiger partial charge in [0.15, 0.2) is 5.11 Å². The van der Waals surface area contributed by atoms with Gasteiger partial charge in [0.05, 0.1) is 6.10 Å². The number of aromatic nitrogens is 2. The lowest BCUT2D eigenvalue weighted by atomic mass is 10.1. The van der Waals surface area contributed by atoms with Crippen molar-refractivity contribution in [3.05, 3.63) is 47.2 Å². The summed E-state index contributed by atoms with van der Waals surface area (Å²) in [7, 11) is 0. The molecule has 2 aliphatic rings. The van der Waals surface area contributed by atoms with E-state index in [2.05, 4.69) is 49.8 Å². The van der Waals surface area contributed by atoms with Crippen molar-refractivity contribution in [2.24, 2.45) is 0 Å². The van der Waals surface area contributed by atoms with Crippen LogP contribution in [-0.2, 0) is 17.8 Å². The molecule has 1 unspecified atom stereocenters. The van der Waals surface area contributed by atoms with Crippen LogP contribution in [0.5, 0.6) is 0 Å². The smallest absolute Gasteiger partial charge is 0.231 e. The predicted octanol–water partition coefficient (Wildman–Crippen LogP) is 2.77. The van der Waals surface area contributed by atoms with Crippen LogP contribution in [-0.4, -0.2) is 34.3 Å². The molecule has 136 valence electrons. The fraction of sp³-hybridized carbons (Fsp3) is 0.421. The molecule has 0 radical (unpaired) electrons.